The van der Waals surface area contributed by atoms with Crippen LogP contribution >= 0.6 is 10.7 Å². The molecule has 4 nitrogen and oxygen atoms in total. The Morgan fingerprint density at radius 3 is 2.44 bits per heavy atom. The summed E-state index contributed by atoms with van der Waals surface area (Å²) in [6, 6.07) is 1.71. The van der Waals surface area contributed by atoms with E-state index in [4.69, 9.17) is 15.9 Å². The second kappa shape index (κ2) is 4.27. The second-order valence-electron chi connectivity index (χ2n) is 2.56. The van der Waals surface area contributed by atoms with Crippen molar-refractivity contribution in [3.05, 3.63) is 23.3 Å². The van der Waals surface area contributed by atoms with Gasteiger partial charge in [0.05, 0.1) is 5.56 Å². The van der Waals surface area contributed by atoms with Gasteiger partial charge in [0.25, 0.3) is 15.5 Å². The molecule has 0 bridgehead atoms. The van der Waals surface area contributed by atoms with Crippen molar-refractivity contribution in [1.82, 2.24) is 4.98 Å². The molecule has 9 heteroatoms. The number of nitriles is 1. The third kappa shape index (κ3) is 2.43. The van der Waals surface area contributed by atoms with E-state index in [0.717, 1.165) is 0 Å². The van der Waals surface area contributed by atoms with E-state index in [1.165, 1.54) is 6.07 Å². The van der Waals surface area contributed by atoms with Crippen LogP contribution in [0.5, 0.6) is 0 Å². The van der Waals surface area contributed by atoms with Gasteiger partial charge in [-0.1, -0.05) is 0 Å². The number of halogens is 4. The van der Waals surface area contributed by atoms with Gasteiger partial charge in [-0.2, -0.15) is 9.65 Å². The van der Waals surface area contributed by atoms with E-state index in [0.29, 0.717) is 6.07 Å². The average molecular weight is 271 g/mol. The van der Waals surface area contributed by atoms with Gasteiger partial charge in [0.2, 0.25) is 5.95 Å². The van der Waals surface area contributed by atoms with Crippen LogP contribution in [0.1, 0.15) is 17.7 Å². The van der Waals surface area contributed by atoms with Crippen molar-refractivity contribution < 1.29 is 21.6 Å². The zero-order valence-electron chi connectivity index (χ0n) is 7.29. The Hall–Kier alpha value is -1.33. The highest BCUT2D eigenvalue weighted by molar-refractivity contribution is 8.13. The Kier molecular flexibility index (Phi) is 3.40. The summed E-state index contributed by atoms with van der Waals surface area (Å²) >= 11 is 0. The molecule has 0 radical (unpaired) electrons. The van der Waals surface area contributed by atoms with Crippen molar-refractivity contribution in [2.75, 3.05) is 0 Å². The molecule has 1 rings (SSSR count). The van der Waals surface area contributed by atoms with Crippen LogP contribution in [-0.2, 0) is 9.05 Å². The Labute approximate surface area is 92.7 Å². The van der Waals surface area contributed by atoms with Gasteiger partial charge in [-0.3, -0.25) is 0 Å². The summed E-state index contributed by atoms with van der Waals surface area (Å²) in [5, 5.41) is 8.46. The Balaban J connectivity index is 3.58. The Morgan fingerprint density at radius 1 is 1.50 bits per heavy atom. The fraction of sp³-hybridized carbons (Fsp3) is 0.143. The topological polar surface area (TPSA) is 70.8 Å². The van der Waals surface area contributed by atoms with Gasteiger partial charge in [-0.25, -0.2) is 22.2 Å². The lowest BCUT2D eigenvalue weighted by Gasteiger charge is -2.04. The highest BCUT2D eigenvalue weighted by atomic mass is 35.7. The summed E-state index contributed by atoms with van der Waals surface area (Å²) in [7, 11) is 0.350. The van der Waals surface area contributed by atoms with Gasteiger partial charge in [0.15, 0.2) is 0 Å². The molecule has 0 N–H and O–H groups in total. The van der Waals surface area contributed by atoms with Crippen LogP contribution in [0.3, 0.4) is 0 Å². The molecule has 1 heterocycles. The maximum absolute atomic E-state index is 13.0. The molecule has 0 aliphatic heterocycles. The SMILES string of the molecule is N#Cc1cc(S(=O)(=O)Cl)c(F)nc1C(F)F. The maximum Gasteiger partial charge on any atom is 0.281 e. The predicted molar refractivity (Wildman–Crippen MR) is 46.9 cm³/mol. The highest BCUT2D eigenvalue weighted by Gasteiger charge is 2.24. The number of nitrogens with zero attached hydrogens (tertiary/aromatic N) is 2. The molecule has 0 amide bonds. The Morgan fingerprint density at radius 2 is 2.06 bits per heavy atom. The first-order valence-corrected chi connectivity index (χ1v) is 5.91. The lowest BCUT2D eigenvalue weighted by atomic mass is 10.2. The third-order valence-electron chi connectivity index (χ3n) is 1.56. The van der Waals surface area contributed by atoms with Crippen molar-refractivity contribution in [2.45, 2.75) is 11.3 Å². The molecular formula is C7H2ClF3N2O2S. The first-order chi connectivity index (χ1) is 7.27. The molecule has 1 aromatic heterocycles. The van der Waals surface area contributed by atoms with Gasteiger partial charge in [0, 0.05) is 10.7 Å². The van der Waals surface area contributed by atoms with Crippen molar-refractivity contribution >= 4 is 19.7 Å². The molecule has 0 saturated carbocycles. The molecule has 0 spiro atoms. The van der Waals surface area contributed by atoms with Gasteiger partial charge < -0.3 is 0 Å². The minimum absolute atomic E-state index is 0.423. The van der Waals surface area contributed by atoms with Gasteiger partial charge >= 0.3 is 0 Å². The van der Waals surface area contributed by atoms with E-state index < -0.39 is 37.6 Å². The Bertz CT molecular complexity index is 568. The summed E-state index contributed by atoms with van der Waals surface area (Å²) < 4.78 is 59.1. The lowest BCUT2D eigenvalue weighted by molar-refractivity contribution is 0.144. The standard InChI is InChI=1S/C7H2ClF3N2O2S/c8-16(14,15)4-1-3(2-12)5(6(9)10)13-7(4)11/h1,6H. The fourth-order valence-electron chi connectivity index (χ4n) is 0.913. The first-order valence-electron chi connectivity index (χ1n) is 3.60. The summed E-state index contributed by atoms with van der Waals surface area (Å²) in [6.45, 7) is 0. The van der Waals surface area contributed by atoms with Crippen LogP contribution in [0.4, 0.5) is 13.2 Å². The zero-order chi connectivity index (χ0) is 12.5. The monoisotopic (exact) mass is 270 g/mol. The molecule has 86 valence electrons. The van der Waals surface area contributed by atoms with E-state index >= 15 is 0 Å². The molecular weight excluding hydrogens is 269 g/mol. The maximum atomic E-state index is 13.0. The molecule has 0 saturated heterocycles. The van der Waals surface area contributed by atoms with Crippen molar-refractivity contribution in [2.24, 2.45) is 0 Å². The number of pyridine rings is 1. The van der Waals surface area contributed by atoms with Crippen molar-refractivity contribution in [3.8, 4) is 6.07 Å². The minimum atomic E-state index is -4.47. The summed E-state index contributed by atoms with van der Waals surface area (Å²) in [5.74, 6) is -1.66. The third-order valence-corrected chi connectivity index (χ3v) is 2.87. The summed E-state index contributed by atoms with van der Waals surface area (Å²) in [6.07, 6.45) is -3.18. The zero-order valence-corrected chi connectivity index (χ0v) is 8.86. The smallest absolute Gasteiger partial charge is 0.216 e. The number of hydrogen-bond donors (Lipinski definition) is 0. The normalized spacial score (nSPS) is 11.5. The number of hydrogen-bond acceptors (Lipinski definition) is 4. The van der Waals surface area contributed by atoms with Crippen LogP contribution in [-0.4, -0.2) is 13.4 Å². The largest absolute Gasteiger partial charge is 0.281 e. The number of alkyl halides is 2. The lowest BCUT2D eigenvalue weighted by Crippen LogP contribution is -2.05. The molecule has 1 aromatic rings. The molecule has 0 atom stereocenters. The van der Waals surface area contributed by atoms with E-state index in [2.05, 4.69) is 4.98 Å². The van der Waals surface area contributed by atoms with E-state index in [1.807, 2.05) is 0 Å². The fourth-order valence-corrected chi connectivity index (χ4v) is 1.74. The van der Waals surface area contributed by atoms with Gasteiger partial charge in [0.1, 0.15) is 16.7 Å². The summed E-state index contributed by atoms with van der Waals surface area (Å²) in [5.41, 5.74) is -1.86. The molecule has 0 aromatic carbocycles. The first kappa shape index (κ1) is 12.7. The number of rotatable bonds is 2. The van der Waals surface area contributed by atoms with E-state index in [-0.39, 0.29) is 0 Å². The van der Waals surface area contributed by atoms with Crippen LogP contribution < -0.4 is 0 Å². The van der Waals surface area contributed by atoms with E-state index in [1.54, 1.807) is 0 Å². The average Bonchev–Trinajstić information content (AvgIpc) is 2.15. The van der Waals surface area contributed by atoms with Crippen LogP contribution in [0.25, 0.3) is 0 Å². The molecule has 0 aliphatic rings. The molecule has 0 unspecified atom stereocenters. The van der Waals surface area contributed by atoms with Crippen LogP contribution in [0.2, 0.25) is 0 Å². The van der Waals surface area contributed by atoms with E-state index in [9.17, 15) is 21.6 Å². The van der Waals surface area contributed by atoms with Crippen LogP contribution in [0.15, 0.2) is 11.0 Å². The van der Waals surface area contributed by atoms with Crippen molar-refractivity contribution in [3.63, 3.8) is 0 Å². The number of aromatic nitrogens is 1. The molecule has 0 aliphatic carbocycles. The predicted octanol–water partition coefficient (Wildman–Crippen LogP) is 1.96. The highest BCUT2D eigenvalue weighted by Crippen LogP contribution is 2.25. The van der Waals surface area contributed by atoms with Gasteiger partial charge in [-0.05, 0) is 6.07 Å². The molecule has 16 heavy (non-hydrogen) atoms. The summed E-state index contributed by atoms with van der Waals surface area (Å²) in [4.78, 5) is 1.61. The van der Waals surface area contributed by atoms with Gasteiger partial charge in [-0.15, -0.1) is 0 Å². The van der Waals surface area contributed by atoms with Crippen molar-refractivity contribution in [1.29, 1.82) is 5.26 Å². The second-order valence-corrected chi connectivity index (χ2v) is 5.09. The molecule has 0 fully saturated rings. The quantitative estimate of drug-likeness (QED) is 0.608. The minimum Gasteiger partial charge on any atom is -0.216 e. The van der Waals surface area contributed by atoms with Crippen LogP contribution in [0, 0.1) is 17.3 Å².